The van der Waals surface area contributed by atoms with Crippen molar-refractivity contribution >= 4 is 5.78 Å². The van der Waals surface area contributed by atoms with E-state index in [0.29, 0.717) is 24.2 Å². The lowest BCUT2D eigenvalue weighted by Gasteiger charge is -2.35. The van der Waals surface area contributed by atoms with Crippen molar-refractivity contribution in [3.63, 3.8) is 0 Å². The van der Waals surface area contributed by atoms with Crippen LogP contribution in [0.5, 0.6) is 0 Å². The van der Waals surface area contributed by atoms with Gasteiger partial charge in [-0.15, -0.1) is 0 Å². The highest BCUT2D eigenvalue weighted by molar-refractivity contribution is 6.00. The minimum atomic E-state index is -0.102. The van der Waals surface area contributed by atoms with Crippen LogP contribution in [0.4, 0.5) is 0 Å². The summed E-state index contributed by atoms with van der Waals surface area (Å²) in [5.41, 5.74) is 1.67. The molecule has 3 nitrogen and oxygen atoms in total. The second kappa shape index (κ2) is 4.72. The number of aliphatic hydroxyl groups excluding tert-OH is 1. The smallest absolute Gasteiger partial charge is 0.173 e. The molecule has 0 aromatic rings. The van der Waals surface area contributed by atoms with Crippen molar-refractivity contribution < 1.29 is 14.6 Å². The Kier molecular flexibility index (Phi) is 3.05. The molecule has 3 rings (SSSR count). The van der Waals surface area contributed by atoms with E-state index in [4.69, 9.17) is 4.74 Å². The van der Waals surface area contributed by atoms with Crippen molar-refractivity contribution in [3.05, 3.63) is 47.0 Å². The van der Waals surface area contributed by atoms with Gasteiger partial charge in [-0.05, 0) is 25.8 Å². The fourth-order valence-electron chi connectivity index (χ4n) is 3.03. The lowest BCUT2D eigenvalue weighted by Crippen LogP contribution is -2.35. The zero-order valence-electron chi connectivity index (χ0n) is 11.1. The molecule has 1 heterocycles. The van der Waals surface area contributed by atoms with Gasteiger partial charge in [0.05, 0.1) is 5.57 Å². The Morgan fingerprint density at radius 2 is 2.26 bits per heavy atom. The third-order valence-corrected chi connectivity index (χ3v) is 4.11. The van der Waals surface area contributed by atoms with Crippen LogP contribution in [0.25, 0.3) is 0 Å². The standard InChI is InChI=1S/C16H18O3/c1-10-5-2-3-6-11(10)15-9-13(18)16-12(17)7-4-8-14(16)19-15/h2-3,5,8,11,15,17H,4,6-7,9H2,1H3. The molecule has 1 aliphatic heterocycles. The molecule has 0 bridgehead atoms. The van der Waals surface area contributed by atoms with E-state index in [0.717, 1.165) is 12.8 Å². The number of carbonyl (C=O) groups is 1. The average molecular weight is 258 g/mol. The number of allylic oxidation sites excluding steroid dienone is 6. The van der Waals surface area contributed by atoms with E-state index in [1.165, 1.54) is 5.57 Å². The van der Waals surface area contributed by atoms with Crippen LogP contribution in [0.1, 0.15) is 32.6 Å². The Bertz CT molecular complexity index is 534. The zero-order valence-corrected chi connectivity index (χ0v) is 11.1. The van der Waals surface area contributed by atoms with E-state index in [1.54, 1.807) is 0 Å². The number of ether oxygens (including phenoxy) is 1. The van der Waals surface area contributed by atoms with Crippen LogP contribution in [-0.4, -0.2) is 17.0 Å². The number of ketones is 1. The summed E-state index contributed by atoms with van der Waals surface area (Å²) in [5.74, 6) is 1.06. The average Bonchev–Trinajstić information content (AvgIpc) is 2.39. The predicted octanol–water partition coefficient (Wildman–Crippen LogP) is 3.36. The van der Waals surface area contributed by atoms with Crippen molar-refractivity contribution in [2.24, 2.45) is 5.92 Å². The summed E-state index contributed by atoms with van der Waals surface area (Å²) in [6.07, 6.45) is 10.6. The Balaban J connectivity index is 1.85. The maximum atomic E-state index is 12.2. The van der Waals surface area contributed by atoms with Crippen LogP contribution in [-0.2, 0) is 9.53 Å². The number of hydrogen-bond acceptors (Lipinski definition) is 3. The Hall–Kier alpha value is -1.77. The molecular formula is C16H18O3. The summed E-state index contributed by atoms with van der Waals surface area (Å²) in [7, 11) is 0. The van der Waals surface area contributed by atoms with E-state index in [9.17, 15) is 9.90 Å². The Morgan fingerprint density at radius 3 is 3.05 bits per heavy atom. The first-order valence-corrected chi connectivity index (χ1v) is 6.82. The third-order valence-electron chi connectivity index (χ3n) is 4.11. The van der Waals surface area contributed by atoms with Gasteiger partial charge in [0.15, 0.2) is 5.78 Å². The molecule has 3 heteroatoms. The SMILES string of the molecule is CC1=CC=CCC1C1CC(=O)C2=C(O)CCC=C2O1. The first kappa shape index (κ1) is 12.3. The molecule has 0 aromatic heterocycles. The molecule has 19 heavy (non-hydrogen) atoms. The monoisotopic (exact) mass is 258 g/mol. The third kappa shape index (κ3) is 2.14. The van der Waals surface area contributed by atoms with Crippen molar-refractivity contribution in [2.45, 2.75) is 38.7 Å². The lowest BCUT2D eigenvalue weighted by molar-refractivity contribution is -0.121. The summed E-state index contributed by atoms with van der Waals surface area (Å²) in [5, 5.41) is 9.84. The van der Waals surface area contributed by atoms with Gasteiger partial charge in [-0.25, -0.2) is 0 Å². The molecule has 0 saturated carbocycles. The van der Waals surface area contributed by atoms with E-state index in [1.807, 2.05) is 12.2 Å². The Labute approximate surface area is 113 Å². The molecule has 2 aliphatic carbocycles. The normalized spacial score (nSPS) is 30.5. The van der Waals surface area contributed by atoms with E-state index >= 15 is 0 Å². The van der Waals surface area contributed by atoms with Crippen molar-refractivity contribution in [2.75, 3.05) is 0 Å². The summed E-state index contributed by atoms with van der Waals surface area (Å²) in [4.78, 5) is 12.2. The van der Waals surface area contributed by atoms with Crippen LogP contribution in [0.3, 0.4) is 0 Å². The first-order chi connectivity index (χ1) is 9.16. The van der Waals surface area contributed by atoms with Crippen LogP contribution in [0, 0.1) is 5.92 Å². The molecule has 1 fully saturated rings. The van der Waals surface area contributed by atoms with Gasteiger partial charge in [0, 0.05) is 18.8 Å². The van der Waals surface area contributed by atoms with Gasteiger partial charge in [0.1, 0.15) is 17.6 Å². The topological polar surface area (TPSA) is 46.5 Å². The summed E-state index contributed by atoms with van der Waals surface area (Å²) in [6.45, 7) is 2.08. The van der Waals surface area contributed by atoms with E-state index in [-0.39, 0.29) is 23.6 Å². The summed E-state index contributed by atoms with van der Waals surface area (Å²) < 4.78 is 5.99. The first-order valence-electron chi connectivity index (χ1n) is 6.82. The van der Waals surface area contributed by atoms with Crippen LogP contribution < -0.4 is 0 Å². The van der Waals surface area contributed by atoms with Gasteiger partial charge in [-0.3, -0.25) is 4.79 Å². The van der Waals surface area contributed by atoms with Crippen LogP contribution >= 0.6 is 0 Å². The van der Waals surface area contributed by atoms with Crippen LogP contribution in [0.15, 0.2) is 47.0 Å². The van der Waals surface area contributed by atoms with Crippen molar-refractivity contribution in [1.29, 1.82) is 0 Å². The zero-order chi connectivity index (χ0) is 13.4. The molecule has 1 N–H and O–H groups in total. The van der Waals surface area contributed by atoms with Gasteiger partial charge in [-0.1, -0.05) is 23.8 Å². The second-order valence-corrected chi connectivity index (χ2v) is 5.39. The fraction of sp³-hybridized carbons (Fsp3) is 0.438. The van der Waals surface area contributed by atoms with Gasteiger partial charge >= 0.3 is 0 Å². The summed E-state index contributed by atoms with van der Waals surface area (Å²) >= 11 is 0. The van der Waals surface area contributed by atoms with E-state index in [2.05, 4.69) is 19.1 Å². The Morgan fingerprint density at radius 1 is 1.42 bits per heavy atom. The molecule has 0 spiro atoms. The molecule has 3 aliphatic rings. The molecular weight excluding hydrogens is 240 g/mol. The number of hydrogen-bond donors (Lipinski definition) is 1. The molecule has 0 aromatic carbocycles. The maximum absolute atomic E-state index is 12.2. The molecule has 2 atom stereocenters. The lowest BCUT2D eigenvalue weighted by atomic mass is 9.82. The van der Waals surface area contributed by atoms with E-state index < -0.39 is 0 Å². The molecule has 0 amide bonds. The molecule has 2 unspecified atom stereocenters. The van der Waals surface area contributed by atoms with Crippen molar-refractivity contribution in [1.82, 2.24) is 0 Å². The minimum Gasteiger partial charge on any atom is -0.511 e. The molecule has 0 radical (unpaired) electrons. The van der Waals surface area contributed by atoms with Crippen molar-refractivity contribution in [3.8, 4) is 0 Å². The number of carbonyl (C=O) groups excluding carboxylic acids is 1. The minimum absolute atomic E-state index is 0.0158. The summed E-state index contributed by atoms with van der Waals surface area (Å²) in [6, 6.07) is 0. The number of fused-ring (bicyclic) bond motifs is 1. The number of rotatable bonds is 1. The highest BCUT2D eigenvalue weighted by atomic mass is 16.5. The highest BCUT2D eigenvalue weighted by Crippen LogP contribution is 2.37. The number of Topliss-reactive ketones (excluding diaryl/α,β-unsaturated/α-hetero) is 1. The van der Waals surface area contributed by atoms with Crippen LogP contribution in [0.2, 0.25) is 0 Å². The molecule has 100 valence electrons. The fourth-order valence-corrected chi connectivity index (χ4v) is 3.03. The quantitative estimate of drug-likeness (QED) is 0.784. The van der Waals surface area contributed by atoms with Gasteiger partial charge in [-0.2, -0.15) is 0 Å². The highest BCUT2D eigenvalue weighted by Gasteiger charge is 2.37. The van der Waals surface area contributed by atoms with Gasteiger partial charge in [0.25, 0.3) is 0 Å². The van der Waals surface area contributed by atoms with Gasteiger partial charge < -0.3 is 9.84 Å². The predicted molar refractivity (Wildman–Crippen MR) is 72.5 cm³/mol. The maximum Gasteiger partial charge on any atom is 0.173 e. The largest absolute Gasteiger partial charge is 0.511 e. The second-order valence-electron chi connectivity index (χ2n) is 5.39. The molecule has 1 saturated heterocycles. The van der Waals surface area contributed by atoms with Gasteiger partial charge in [0.2, 0.25) is 0 Å². The number of aliphatic hydroxyl groups is 1.